The second kappa shape index (κ2) is 4.69. The Kier molecular flexibility index (Phi) is 3.08. The fraction of sp³-hybridized carbons (Fsp3) is 0.231. The molecule has 0 saturated carbocycles. The molecule has 1 aliphatic carbocycles. The third kappa shape index (κ3) is 2.62. The summed E-state index contributed by atoms with van der Waals surface area (Å²) in [7, 11) is 0. The number of benzene rings is 1. The van der Waals surface area contributed by atoms with Crippen LogP contribution in [0.15, 0.2) is 54.0 Å². The summed E-state index contributed by atoms with van der Waals surface area (Å²) in [6, 6.07) is 9.96. The van der Waals surface area contributed by atoms with Gasteiger partial charge in [-0.1, -0.05) is 36.4 Å². The van der Waals surface area contributed by atoms with E-state index in [1.807, 2.05) is 36.4 Å². The van der Waals surface area contributed by atoms with Crippen LogP contribution < -0.4 is 0 Å². The van der Waals surface area contributed by atoms with Gasteiger partial charge >= 0.3 is 0 Å². The predicted molar refractivity (Wildman–Crippen MR) is 59.3 cm³/mol. The fourth-order valence-corrected chi connectivity index (χ4v) is 1.52. The average Bonchev–Trinajstić information content (AvgIpc) is 2.29. The van der Waals surface area contributed by atoms with E-state index in [0.29, 0.717) is 12.4 Å². The van der Waals surface area contributed by atoms with Crippen LogP contribution in [0.4, 0.5) is 0 Å². The van der Waals surface area contributed by atoms with Crippen molar-refractivity contribution in [3.63, 3.8) is 0 Å². The molecule has 0 saturated heterocycles. The second-order valence-electron chi connectivity index (χ2n) is 3.52. The Bertz CT molecular complexity index is 377. The first-order chi connectivity index (χ1) is 7.36. The van der Waals surface area contributed by atoms with Crippen molar-refractivity contribution in [2.75, 3.05) is 0 Å². The molecule has 0 radical (unpaired) electrons. The summed E-state index contributed by atoms with van der Waals surface area (Å²) >= 11 is 0. The Labute approximate surface area is 89.5 Å². The molecular weight excluding hydrogens is 188 g/mol. The monoisotopic (exact) mass is 202 g/mol. The molecule has 2 rings (SSSR count). The van der Waals surface area contributed by atoms with Crippen molar-refractivity contribution in [2.24, 2.45) is 0 Å². The SMILES string of the molecule is OC1=C(OCc2ccccc2)CCC=C1. The largest absolute Gasteiger partial charge is 0.504 e. The Hall–Kier alpha value is -1.70. The highest BCUT2D eigenvalue weighted by Crippen LogP contribution is 2.19. The van der Waals surface area contributed by atoms with Gasteiger partial charge in [0.15, 0.2) is 5.76 Å². The standard InChI is InChI=1S/C13H14O2/c14-12-8-4-5-9-13(12)15-10-11-6-2-1-3-7-11/h1-4,6-8,14H,5,9-10H2. The number of aliphatic hydroxyl groups is 1. The van der Waals surface area contributed by atoms with Crippen molar-refractivity contribution in [1.82, 2.24) is 0 Å². The average molecular weight is 202 g/mol. The normalized spacial score (nSPS) is 15.5. The van der Waals surface area contributed by atoms with Gasteiger partial charge in [-0.05, 0) is 18.1 Å². The molecule has 0 spiro atoms. The summed E-state index contributed by atoms with van der Waals surface area (Å²) < 4.78 is 5.56. The van der Waals surface area contributed by atoms with Crippen molar-refractivity contribution < 1.29 is 9.84 Å². The summed E-state index contributed by atoms with van der Waals surface area (Å²) in [5.74, 6) is 0.957. The minimum Gasteiger partial charge on any atom is -0.504 e. The van der Waals surface area contributed by atoms with Gasteiger partial charge in [0.1, 0.15) is 12.4 Å². The molecule has 78 valence electrons. The number of aliphatic hydroxyl groups excluding tert-OH is 1. The van der Waals surface area contributed by atoms with Gasteiger partial charge < -0.3 is 9.84 Å². The summed E-state index contributed by atoms with van der Waals surface area (Å²) in [6.07, 6.45) is 5.37. The number of rotatable bonds is 3. The van der Waals surface area contributed by atoms with Crippen LogP contribution in [0.5, 0.6) is 0 Å². The van der Waals surface area contributed by atoms with Crippen LogP contribution in [0.3, 0.4) is 0 Å². The van der Waals surface area contributed by atoms with E-state index in [1.165, 1.54) is 0 Å². The van der Waals surface area contributed by atoms with Crippen LogP contribution >= 0.6 is 0 Å². The van der Waals surface area contributed by atoms with Crippen molar-refractivity contribution in [2.45, 2.75) is 19.4 Å². The van der Waals surface area contributed by atoms with E-state index < -0.39 is 0 Å². The van der Waals surface area contributed by atoms with Crippen LogP contribution in [0, 0.1) is 0 Å². The first-order valence-electron chi connectivity index (χ1n) is 5.11. The summed E-state index contributed by atoms with van der Waals surface area (Å²) in [6.45, 7) is 0.522. The Balaban J connectivity index is 1.96. The minimum absolute atomic E-state index is 0.261. The molecule has 1 aliphatic rings. The maximum absolute atomic E-state index is 9.51. The van der Waals surface area contributed by atoms with E-state index >= 15 is 0 Å². The van der Waals surface area contributed by atoms with Gasteiger partial charge in [-0.15, -0.1) is 0 Å². The zero-order valence-corrected chi connectivity index (χ0v) is 8.52. The molecule has 0 aromatic heterocycles. The van der Waals surface area contributed by atoms with E-state index in [0.717, 1.165) is 18.4 Å². The molecule has 1 N–H and O–H groups in total. The number of hydrogen-bond donors (Lipinski definition) is 1. The van der Waals surface area contributed by atoms with Crippen LogP contribution in [-0.4, -0.2) is 5.11 Å². The van der Waals surface area contributed by atoms with Crippen LogP contribution in [0.1, 0.15) is 18.4 Å². The van der Waals surface area contributed by atoms with E-state index in [-0.39, 0.29) is 5.76 Å². The molecule has 0 bridgehead atoms. The summed E-state index contributed by atoms with van der Waals surface area (Å²) in [5.41, 5.74) is 1.12. The van der Waals surface area contributed by atoms with E-state index in [9.17, 15) is 5.11 Å². The van der Waals surface area contributed by atoms with Gasteiger partial charge in [-0.2, -0.15) is 0 Å². The summed E-state index contributed by atoms with van der Waals surface area (Å²) in [4.78, 5) is 0. The van der Waals surface area contributed by atoms with Crippen molar-refractivity contribution >= 4 is 0 Å². The Morgan fingerprint density at radius 2 is 2.00 bits per heavy atom. The minimum atomic E-state index is 0.261. The van der Waals surface area contributed by atoms with Gasteiger partial charge in [-0.25, -0.2) is 0 Å². The van der Waals surface area contributed by atoms with Crippen molar-refractivity contribution in [3.8, 4) is 0 Å². The first-order valence-corrected chi connectivity index (χ1v) is 5.11. The highest BCUT2D eigenvalue weighted by atomic mass is 16.5. The highest BCUT2D eigenvalue weighted by molar-refractivity contribution is 5.20. The smallest absolute Gasteiger partial charge is 0.152 e. The maximum Gasteiger partial charge on any atom is 0.152 e. The van der Waals surface area contributed by atoms with Crippen LogP contribution in [0.2, 0.25) is 0 Å². The molecule has 1 aromatic carbocycles. The lowest BCUT2D eigenvalue weighted by molar-refractivity contribution is 0.170. The van der Waals surface area contributed by atoms with Crippen molar-refractivity contribution in [1.29, 1.82) is 0 Å². The molecule has 0 fully saturated rings. The van der Waals surface area contributed by atoms with E-state index in [1.54, 1.807) is 6.08 Å². The molecule has 2 heteroatoms. The molecule has 0 unspecified atom stereocenters. The second-order valence-corrected chi connectivity index (χ2v) is 3.52. The molecule has 1 aromatic rings. The molecular formula is C13H14O2. The maximum atomic E-state index is 9.51. The van der Waals surface area contributed by atoms with E-state index in [4.69, 9.17) is 4.74 Å². The molecule has 15 heavy (non-hydrogen) atoms. The Morgan fingerprint density at radius 3 is 2.73 bits per heavy atom. The zero-order valence-electron chi connectivity index (χ0n) is 8.52. The lowest BCUT2D eigenvalue weighted by Crippen LogP contribution is -2.00. The number of hydrogen-bond acceptors (Lipinski definition) is 2. The zero-order chi connectivity index (χ0) is 10.5. The highest BCUT2D eigenvalue weighted by Gasteiger charge is 2.08. The molecule has 0 aliphatic heterocycles. The van der Waals surface area contributed by atoms with Crippen molar-refractivity contribution in [3.05, 3.63) is 59.6 Å². The molecule has 2 nitrogen and oxygen atoms in total. The van der Waals surface area contributed by atoms with Crippen LogP contribution in [-0.2, 0) is 11.3 Å². The number of allylic oxidation sites excluding steroid dienone is 3. The number of ether oxygens (including phenoxy) is 1. The van der Waals surface area contributed by atoms with Gasteiger partial charge in [0.2, 0.25) is 0 Å². The first kappa shape index (κ1) is 9.84. The molecule has 0 amide bonds. The lowest BCUT2D eigenvalue weighted by atomic mass is 10.1. The fourth-order valence-electron chi connectivity index (χ4n) is 1.52. The Morgan fingerprint density at radius 1 is 1.20 bits per heavy atom. The molecule has 0 heterocycles. The predicted octanol–water partition coefficient (Wildman–Crippen LogP) is 3.32. The van der Waals surface area contributed by atoms with Gasteiger partial charge in [0.05, 0.1) is 0 Å². The quantitative estimate of drug-likeness (QED) is 0.814. The topological polar surface area (TPSA) is 29.5 Å². The van der Waals surface area contributed by atoms with Gasteiger partial charge in [-0.3, -0.25) is 0 Å². The summed E-state index contributed by atoms with van der Waals surface area (Å²) in [5, 5.41) is 9.51. The van der Waals surface area contributed by atoms with E-state index in [2.05, 4.69) is 0 Å². The van der Waals surface area contributed by atoms with Gasteiger partial charge in [0.25, 0.3) is 0 Å². The third-order valence-corrected chi connectivity index (χ3v) is 2.36. The third-order valence-electron chi connectivity index (χ3n) is 2.36. The van der Waals surface area contributed by atoms with Crippen LogP contribution in [0.25, 0.3) is 0 Å². The lowest BCUT2D eigenvalue weighted by Gasteiger charge is -2.13. The van der Waals surface area contributed by atoms with Gasteiger partial charge in [0, 0.05) is 6.42 Å². The molecule has 0 atom stereocenters.